The highest BCUT2D eigenvalue weighted by Gasteiger charge is 2.47. The van der Waals surface area contributed by atoms with Crippen LogP contribution in [0.25, 0.3) is 5.76 Å². The second kappa shape index (κ2) is 10.1. The molecule has 0 spiro atoms. The van der Waals surface area contributed by atoms with Crippen molar-refractivity contribution in [1.82, 2.24) is 9.88 Å². The maximum absolute atomic E-state index is 13.2. The van der Waals surface area contributed by atoms with Crippen molar-refractivity contribution in [2.75, 3.05) is 0 Å². The molecule has 0 saturated carbocycles. The molecule has 7 heteroatoms. The molecule has 1 N–H and O–H groups in total. The number of ether oxygens (including phenoxy) is 1. The number of likely N-dealkylation sites (tertiary alicyclic amines) is 1. The zero-order valence-electron chi connectivity index (χ0n) is 20.5. The van der Waals surface area contributed by atoms with E-state index in [2.05, 4.69) is 11.1 Å². The number of rotatable bonds is 7. The minimum absolute atomic E-state index is 0.0170. The lowest BCUT2D eigenvalue weighted by atomic mass is 9.99. The predicted molar refractivity (Wildman–Crippen MR) is 137 cm³/mol. The third-order valence-electron chi connectivity index (χ3n) is 6.26. The van der Waals surface area contributed by atoms with Gasteiger partial charge in [0.05, 0.1) is 5.57 Å². The average Bonchev–Trinajstić information content (AvgIpc) is 3.44. The summed E-state index contributed by atoms with van der Waals surface area (Å²) in [5.41, 5.74) is 3.34. The summed E-state index contributed by atoms with van der Waals surface area (Å²) in [5.74, 6) is -0.0790. The monoisotopic (exact) mass is 494 g/mol. The Hall–Kier alpha value is -4.65. The number of aliphatic hydroxyl groups excluding tert-OH is 1. The molecule has 0 aliphatic carbocycles. The highest BCUT2D eigenvalue weighted by atomic mass is 16.5. The Labute approximate surface area is 214 Å². The van der Waals surface area contributed by atoms with E-state index in [9.17, 15) is 14.7 Å². The maximum Gasteiger partial charge on any atom is 0.296 e. The molecule has 0 radical (unpaired) electrons. The zero-order chi connectivity index (χ0) is 25.9. The van der Waals surface area contributed by atoms with Crippen molar-refractivity contribution >= 4 is 17.4 Å². The Morgan fingerprint density at radius 1 is 1.00 bits per heavy atom. The third kappa shape index (κ3) is 5.02. The number of aromatic nitrogens is 1. The molecule has 1 atom stereocenters. The Bertz CT molecular complexity index is 1470. The first kappa shape index (κ1) is 24.1. The van der Waals surface area contributed by atoms with E-state index < -0.39 is 17.7 Å². The van der Waals surface area contributed by atoms with Crippen LogP contribution in [0.5, 0.6) is 5.75 Å². The maximum atomic E-state index is 13.2. The lowest BCUT2D eigenvalue weighted by Gasteiger charge is -2.23. The number of furan rings is 1. The van der Waals surface area contributed by atoms with Crippen LogP contribution in [0, 0.1) is 13.8 Å². The van der Waals surface area contributed by atoms with Gasteiger partial charge in [-0.05, 0) is 67.4 Å². The summed E-state index contributed by atoms with van der Waals surface area (Å²) in [7, 11) is 0. The first-order valence-corrected chi connectivity index (χ1v) is 11.9. The van der Waals surface area contributed by atoms with E-state index in [0.717, 1.165) is 16.7 Å². The molecule has 1 fully saturated rings. The topological polar surface area (TPSA) is 92.9 Å². The van der Waals surface area contributed by atoms with Gasteiger partial charge in [0.1, 0.15) is 35.7 Å². The molecule has 2 aromatic heterocycles. The van der Waals surface area contributed by atoms with E-state index in [1.807, 2.05) is 31.2 Å². The first-order chi connectivity index (χ1) is 17.9. The lowest BCUT2D eigenvalue weighted by Crippen LogP contribution is -2.29. The van der Waals surface area contributed by atoms with Gasteiger partial charge >= 0.3 is 0 Å². The fourth-order valence-corrected chi connectivity index (χ4v) is 4.46. The van der Waals surface area contributed by atoms with Gasteiger partial charge in [0, 0.05) is 24.5 Å². The molecule has 186 valence electrons. The van der Waals surface area contributed by atoms with Gasteiger partial charge in [-0.15, -0.1) is 0 Å². The summed E-state index contributed by atoms with van der Waals surface area (Å²) >= 11 is 0. The van der Waals surface area contributed by atoms with E-state index in [1.54, 1.807) is 61.8 Å². The van der Waals surface area contributed by atoms with Crippen molar-refractivity contribution in [3.05, 3.63) is 125 Å². The summed E-state index contributed by atoms with van der Waals surface area (Å²) in [6, 6.07) is 21.0. The number of pyridine rings is 1. The molecule has 1 aliphatic rings. The number of aryl methyl sites for hydroxylation is 2. The van der Waals surface area contributed by atoms with E-state index >= 15 is 0 Å². The molecule has 0 bridgehead atoms. The minimum atomic E-state index is -0.869. The highest BCUT2D eigenvalue weighted by molar-refractivity contribution is 6.46. The largest absolute Gasteiger partial charge is 0.507 e. The van der Waals surface area contributed by atoms with Crippen molar-refractivity contribution < 1.29 is 23.8 Å². The van der Waals surface area contributed by atoms with Gasteiger partial charge in [-0.2, -0.15) is 0 Å². The molecule has 0 unspecified atom stereocenters. The quantitative estimate of drug-likeness (QED) is 0.207. The number of hydrogen-bond donors (Lipinski definition) is 1. The second-order valence-corrected chi connectivity index (χ2v) is 9.04. The van der Waals surface area contributed by atoms with Gasteiger partial charge in [0.2, 0.25) is 0 Å². The zero-order valence-corrected chi connectivity index (χ0v) is 20.5. The number of hydrogen-bond acceptors (Lipinski definition) is 6. The number of carbonyl (C=O) groups excluding carboxylic acids is 2. The van der Waals surface area contributed by atoms with Gasteiger partial charge in [0.25, 0.3) is 11.7 Å². The fourth-order valence-electron chi connectivity index (χ4n) is 4.46. The van der Waals surface area contributed by atoms with Crippen molar-refractivity contribution in [3.8, 4) is 5.75 Å². The van der Waals surface area contributed by atoms with Crippen molar-refractivity contribution in [2.24, 2.45) is 0 Å². The minimum Gasteiger partial charge on any atom is -0.507 e. The van der Waals surface area contributed by atoms with Crippen molar-refractivity contribution in [3.63, 3.8) is 0 Å². The predicted octanol–water partition coefficient (Wildman–Crippen LogP) is 5.49. The standard InChI is InChI=1S/C30H26N2O5/c1-19-5-3-6-21(15-19)18-36-24-11-9-23(10-12-24)28(33)26-27(25-13-8-20(2)37-25)32(30(35)29(26)34)17-22-7-4-14-31-16-22/h3-16,27,33H,17-18H2,1-2H3/t27-/m0/s1. The van der Waals surface area contributed by atoms with E-state index in [-0.39, 0.29) is 17.9 Å². The molecule has 37 heavy (non-hydrogen) atoms. The molecule has 3 heterocycles. The number of Topliss-reactive ketones (excluding diaryl/α,β-unsaturated/α-hetero) is 1. The molecule has 2 aromatic carbocycles. The van der Waals surface area contributed by atoms with Gasteiger partial charge in [0.15, 0.2) is 0 Å². The summed E-state index contributed by atoms with van der Waals surface area (Å²) in [6.45, 7) is 4.36. The van der Waals surface area contributed by atoms with E-state index in [4.69, 9.17) is 9.15 Å². The number of carbonyl (C=O) groups is 2. The van der Waals surface area contributed by atoms with E-state index in [1.165, 1.54) is 4.90 Å². The SMILES string of the molecule is Cc1cccc(COc2ccc(C(O)=C3C(=O)C(=O)N(Cc4cccnc4)[C@H]3c3ccc(C)o3)cc2)c1. The molecular formula is C30H26N2O5. The summed E-state index contributed by atoms with van der Waals surface area (Å²) < 4.78 is 11.7. The fraction of sp³-hybridized carbons (Fsp3) is 0.167. The van der Waals surface area contributed by atoms with Gasteiger partial charge < -0.3 is 19.2 Å². The van der Waals surface area contributed by atoms with Crippen LogP contribution in [0.2, 0.25) is 0 Å². The van der Waals surface area contributed by atoms with Gasteiger partial charge in [-0.3, -0.25) is 14.6 Å². The number of nitrogens with zero attached hydrogens (tertiary/aromatic N) is 2. The Morgan fingerprint density at radius 3 is 2.46 bits per heavy atom. The number of benzene rings is 2. The Kier molecular flexibility index (Phi) is 6.60. The average molecular weight is 495 g/mol. The first-order valence-electron chi connectivity index (χ1n) is 11.9. The van der Waals surface area contributed by atoms with E-state index in [0.29, 0.717) is 29.4 Å². The van der Waals surface area contributed by atoms with Gasteiger partial charge in [-0.1, -0.05) is 35.9 Å². The summed E-state index contributed by atoms with van der Waals surface area (Å²) in [6.07, 6.45) is 3.28. The van der Waals surface area contributed by atoms with Crippen LogP contribution in [0.4, 0.5) is 0 Å². The van der Waals surface area contributed by atoms with Crippen LogP contribution in [-0.4, -0.2) is 26.7 Å². The highest BCUT2D eigenvalue weighted by Crippen LogP contribution is 2.41. The van der Waals surface area contributed by atoms with Crippen molar-refractivity contribution in [2.45, 2.75) is 33.0 Å². The third-order valence-corrected chi connectivity index (χ3v) is 6.26. The van der Waals surface area contributed by atoms with Crippen LogP contribution in [0.3, 0.4) is 0 Å². The molecular weight excluding hydrogens is 468 g/mol. The summed E-state index contributed by atoms with van der Waals surface area (Å²) in [5, 5.41) is 11.2. The number of amides is 1. The van der Waals surface area contributed by atoms with Crippen molar-refractivity contribution in [1.29, 1.82) is 0 Å². The summed E-state index contributed by atoms with van der Waals surface area (Å²) in [4.78, 5) is 31.8. The smallest absolute Gasteiger partial charge is 0.296 e. The molecule has 1 saturated heterocycles. The Morgan fingerprint density at radius 2 is 1.78 bits per heavy atom. The van der Waals surface area contributed by atoms with Crippen LogP contribution in [0.1, 0.15) is 39.8 Å². The molecule has 7 nitrogen and oxygen atoms in total. The number of ketones is 1. The Balaban J connectivity index is 1.45. The molecule has 1 amide bonds. The van der Waals surface area contributed by atoms with Crippen LogP contribution < -0.4 is 4.74 Å². The molecule has 5 rings (SSSR count). The molecule has 4 aromatic rings. The lowest BCUT2D eigenvalue weighted by molar-refractivity contribution is -0.140. The molecule has 1 aliphatic heterocycles. The second-order valence-electron chi connectivity index (χ2n) is 9.04. The van der Waals surface area contributed by atoms with Crippen LogP contribution in [-0.2, 0) is 22.7 Å². The van der Waals surface area contributed by atoms with Crippen LogP contribution >= 0.6 is 0 Å². The number of aliphatic hydroxyl groups is 1. The van der Waals surface area contributed by atoms with Gasteiger partial charge in [-0.25, -0.2) is 0 Å². The normalized spacial score (nSPS) is 16.8. The van der Waals surface area contributed by atoms with Crippen LogP contribution in [0.15, 0.2) is 95.2 Å².